The van der Waals surface area contributed by atoms with Gasteiger partial charge >= 0.3 is 0 Å². The molecule has 122 valence electrons. The Morgan fingerprint density at radius 3 is 2.55 bits per heavy atom. The first-order valence-corrected chi connectivity index (χ1v) is 8.73. The number of amides is 2. The van der Waals surface area contributed by atoms with Crippen molar-refractivity contribution in [2.45, 2.75) is 53.5 Å². The molecular weight excluding hydrogens is 298 g/mol. The van der Waals surface area contributed by atoms with E-state index in [0.29, 0.717) is 36.4 Å². The summed E-state index contributed by atoms with van der Waals surface area (Å²) in [7, 11) is 0. The molecule has 2 heterocycles. The molecule has 1 aliphatic rings. The largest absolute Gasteiger partial charge is 0.337 e. The summed E-state index contributed by atoms with van der Waals surface area (Å²) < 4.78 is 0. The molecule has 1 N–H and O–H groups in total. The maximum atomic E-state index is 12.2. The van der Waals surface area contributed by atoms with Crippen LogP contribution in [-0.2, 0) is 22.6 Å². The van der Waals surface area contributed by atoms with Crippen molar-refractivity contribution >= 4 is 28.3 Å². The maximum Gasteiger partial charge on any atom is 0.226 e. The van der Waals surface area contributed by atoms with Gasteiger partial charge in [-0.3, -0.25) is 9.59 Å². The Morgan fingerprint density at radius 2 is 1.91 bits per heavy atom. The molecule has 0 saturated heterocycles. The quantitative estimate of drug-likeness (QED) is 0.906. The Morgan fingerprint density at radius 1 is 1.23 bits per heavy atom. The van der Waals surface area contributed by atoms with Crippen LogP contribution in [0.25, 0.3) is 0 Å². The van der Waals surface area contributed by atoms with Crippen molar-refractivity contribution in [3.63, 3.8) is 0 Å². The lowest BCUT2D eigenvalue weighted by molar-refractivity contribution is -0.132. The molecule has 1 aromatic heterocycles. The van der Waals surface area contributed by atoms with Crippen LogP contribution in [0.2, 0.25) is 0 Å². The highest BCUT2D eigenvalue weighted by molar-refractivity contribution is 7.15. The molecule has 1 aromatic rings. The fourth-order valence-corrected chi connectivity index (χ4v) is 3.52. The topological polar surface area (TPSA) is 62.3 Å². The monoisotopic (exact) mass is 323 g/mol. The summed E-state index contributed by atoms with van der Waals surface area (Å²) in [6.07, 6.45) is 1.87. The highest BCUT2D eigenvalue weighted by atomic mass is 32.1. The van der Waals surface area contributed by atoms with E-state index in [1.165, 1.54) is 11.3 Å². The Balaban J connectivity index is 1.98. The fraction of sp³-hybridized carbons (Fsp3) is 0.688. The third-order valence-electron chi connectivity index (χ3n) is 3.51. The predicted octanol–water partition coefficient (Wildman–Crippen LogP) is 3.06. The number of hydrogen-bond acceptors (Lipinski definition) is 4. The van der Waals surface area contributed by atoms with Crippen LogP contribution in [0.3, 0.4) is 0 Å². The molecule has 0 spiro atoms. The van der Waals surface area contributed by atoms with E-state index in [1.807, 2.05) is 18.7 Å². The number of carbonyl (C=O) groups excluding carboxylic acids is 2. The second-order valence-electron chi connectivity index (χ2n) is 6.70. The van der Waals surface area contributed by atoms with Gasteiger partial charge in [0, 0.05) is 30.7 Å². The molecule has 0 aliphatic carbocycles. The summed E-state index contributed by atoms with van der Waals surface area (Å²) in [5.41, 5.74) is 1.03. The first-order chi connectivity index (χ1) is 10.3. The summed E-state index contributed by atoms with van der Waals surface area (Å²) in [5.74, 6) is 0.924. The third kappa shape index (κ3) is 4.53. The summed E-state index contributed by atoms with van der Waals surface area (Å²) in [6, 6.07) is 0. The van der Waals surface area contributed by atoms with E-state index in [-0.39, 0.29) is 11.8 Å². The van der Waals surface area contributed by atoms with Gasteiger partial charge in [-0.05, 0) is 11.8 Å². The van der Waals surface area contributed by atoms with Crippen molar-refractivity contribution in [3.8, 4) is 0 Å². The summed E-state index contributed by atoms with van der Waals surface area (Å²) >= 11 is 1.49. The number of hydrogen-bond donors (Lipinski definition) is 1. The second kappa shape index (κ2) is 7.22. The molecule has 0 bridgehead atoms. The summed E-state index contributed by atoms with van der Waals surface area (Å²) in [5, 5.41) is 3.53. The zero-order valence-electron chi connectivity index (χ0n) is 13.8. The van der Waals surface area contributed by atoms with Crippen LogP contribution in [0.4, 0.5) is 5.13 Å². The number of aromatic nitrogens is 1. The van der Waals surface area contributed by atoms with Crippen molar-refractivity contribution in [1.29, 1.82) is 0 Å². The molecular formula is C16H25N3O2S. The molecule has 1 aliphatic heterocycles. The average molecular weight is 323 g/mol. The van der Waals surface area contributed by atoms with E-state index in [0.717, 1.165) is 23.5 Å². The van der Waals surface area contributed by atoms with Crippen LogP contribution < -0.4 is 5.32 Å². The third-order valence-corrected chi connectivity index (χ3v) is 4.50. The molecule has 5 nitrogen and oxygen atoms in total. The van der Waals surface area contributed by atoms with Crippen LogP contribution in [0, 0.1) is 11.8 Å². The van der Waals surface area contributed by atoms with E-state index in [2.05, 4.69) is 24.1 Å². The first-order valence-electron chi connectivity index (χ1n) is 7.91. The van der Waals surface area contributed by atoms with Gasteiger partial charge in [0.05, 0.1) is 12.2 Å². The van der Waals surface area contributed by atoms with Gasteiger partial charge in [0.15, 0.2) is 5.13 Å². The van der Waals surface area contributed by atoms with Crippen molar-refractivity contribution in [2.24, 2.45) is 11.8 Å². The lowest BCUT2D eigenvalue weighted by Crippen LogP contribution is -2.36. The Labute approximate surface area is 136 Å². The molecule has 22 heavy (non-hydrogen) atoms. The number of fused-ring (bicyclic) bond motifs is 1. The Hall–Kier alpha value is -1.43. The minimum absolute atomic E-state index is 0.00818. The van der Waals surface area contributed by atoms with Gasteiger partial charge in [0.2, 0.25) is 11.8 Å². The molecule has 2 rings (SSSR count). The van der Waals surface area contributed by atoms with Crippen LogP contribution in [0.5, 0.6) is 0 Å². The van der Waals surface area contributed by atoms with Crippen molar-refractivity contribution in [2.75, 3.05) is 11.9 Å². The smallest absolute Gasteiger partial charge is 0.226 e. The maximum absolute atomic E-state index is 12.2. The normalized spacial score (nSPS) is 14.4. The Kier molecular flexibility index (Phi) is 5.56. The predicted molar refractivity (Wildman–Crippen MR) is 88.8 cm³/mol. The number of anilines is 1. The van der Waals surface area contributed by atoms with Crippen LogP contribution in [0.15, 0.2) is 0 Å². The molecule has 6 heteroatoms. The lowest BCUT2D eigenvalue weighted by Gasteiger charge is -2.26. The van der Waals surface area contributed by atoms with E-state index in [4.69, 9.17) is 0 Å². The van der Waals surface area contributed by atoms with Gasteiger partial charge in [0.1, 0.15) is 0 Å². The Bertz CT molecular complexity index is 552. The molecule has 0 aromatic carbocycles. The van der Waals surface area contributed by atoms with Gasteiger partial charge in [-0.15, -0.1) is 0 Å². The number of thiazole rings is 1. The second-order valence-corrected chi connectivity index (χ2v) is 7.78. The summed E-state index contributed by atoms with van der Waals surface area (Å²) in [4.78, 5) is 31.5. The molecule has 2 amide bonds. The van der Waals surface area contributed by atoms with Crippen LogP contribution >= 0.6 is 11.3 Å². The molecule has 0 unspecified atom stereocenters. The standard InChI is InChI=1S/C16H25N3O2S/c1-10(2)7-14(20)18-16-17-12-5-6-19(9-13(12)22-16)15(21)8-11(3)4/h10-11H,5-9H2,1-4H3,(H,17,18,20). The minimum atomic E-state index is 0.00818. The number of nitrogens with one attached hydrogen (secondary N) is 1. The fourth-order valence-electron chi connectivity index (χ4n) is 2.48. The van der Waals surface area contributed by atoms with E-state index in [9.17, 15) is 9.59 Å². The molecule has 0 atom stereocenters. The average Bonchev–Trinajstić information content (AvgIpc) is 2.77. The summed E-state index contributed by atoms with van der Waals surface area (Å²) in [6.45, 7) is 9.50. The minimum Gasteiger partial charge on any atom is -0.337 e. The first kappa shape index (κ1) is 16.9. The van der Waals surface area contributed by atoms with Crippen molar-refractivity contribution < 1.29 is 9.59 Å². The van der Waals surface area contributed by atoms with Crippen LogP contribution in [-0.4, -0.2) is 28.2 Å². The highest BCUT2D eigenvalue weighted by Gasteiger charge is 2.24. The van der Waals surface area contributed by atoms with E-state index >= 15 is 0 Å². The number of nitrogens with zero attached hydrogens (tertiary/aromatic N) is 2. The molecule has 0 radical (unpaired) electrons. The molecule has 0 fully saturated rings. The van der Waals surface area contributed by atoms with Gasteiger partial charge in [0.25, 0.3) is 0 Å². The van der Waals surface area contributed by atoms with Crippen molar-refractivity contribution in [1.82, 2.24) is 9.88 Å². The highest BCUT2D eigenvalue weighted by Crippen LogP contribution is 2.29. The zero-order valence-corrected chi connectivity index (χ0v) is 14.6. The van der Waals surface area contributed by atoms with Gasteiger partial charge in [-0.2, -0.15) is 0 Å². The lowest BCUT2D eigenvalue weighted by atomic mass is 10.1. The van der Waals surface area contributed by atoms with Crippen molar-refractivity contribution in [3.05, 3.63) is 10.6 Å². The number of rotatable bonds is 5. The zero-order chi connectivity index (χ0) is 16.3. The SMILES string of the molecule is CC(C)CC(=O)Nc1nc2c(s1)CN(C(=O)CC(C)C)CC2. The van der Waals surface area contributed by atoms with Gasteiger partial charge < -0.3 is 10.2 Å². The van der Waals surface area contributed by atoms with Gasteiger partial charge in [-0.1, -0.05) is 39.0 Å². The van der Waals surface area contributed by atoms with E-state index < -0.39 is 0 Å². The van der Waals surface area contributed by atoms with Crippen LogP contribution in [0.1, 0.15) is 51.1 Å². The number of carbonyl (C=O) groups is 2. The van der Waals surface area contributed by atoms with Gasteiger partial charge in [-0.25, -0.2) is 4.98 Å². The van der Waals surface area contributed by atoms with E-state index in [1.54, 1.807) is 0 Å². The molecule has 0 saturated carbocycles.